The molecule has 29 heavy (non-hydrogen) atoms. The predicted octanol–water partition coefficient (Wildman–Crippen LogP) is 5.96. The Morgan fingerprint density at radius 2 is 1.90 bits per heavy atom. The number of oxazole rings is 1. The van der Waals surface area contributed by atoms with E-state index in [0.717, 1.165) is 11.6 Å². The zero-order valence-electron chi connectivity index (χ0n) is 14.6. The Morgan fingerprint density at radius 1 is 1.07 bits per heavy atom. The lowest BCUT2D eigenvalue weighted by atomic mass is 10.2. The minimum absolute atomic E-state index is 0.0116. The summed E-state index contributed by atoms with van der Waals surface area (Å²) in [6.45, 7) is 0. The molecule has 3 aromatic carbocycles. The Kier molecular flexibility index (Phi) is 4.92. The number of hydrogen-bond donors (Lipinski definition) is 1. The van der Waals surface area contributed by atoms with Crippen LogP contribution in [0, 0.1) is 10.1 Å². The van der Waals surface area contributed by atoms with E-state index in [2.05, 4.69) is 10.3 Å². The van der Waals surface area contributed by atoms with Gasteiger partial charge in [-0.1, -0.05) is 29.3 Å². The Labute approximate surface area is 174 Å². The van der Waals surface area contributed by atoms with Gasteiger partial charge in [0.25, 0.3) is 11.6 Å². The van der Waals surface area contributed by atoms with Crippen LogP contribution in [0.4, 0.5) is 11.4 Å². The Bertz CT molecular complexity index is 1270. The average molecular weight is 428 g/mol. The lowest BCUT2D eigenvalue weighted by molar-refractivity contribution is -0.384. The highest BCUT2D eigenvalue weighted by Gasteiger charge is 2.16. The van der Waals surface area contributed by atoms with Gasteiger partial charge in [-0.3, -0.25) is 14.9 Å². The third kappa shape index (κ3) is 3.91. The van der Waals surface area contributed by atoms with Gasteiger partial charge >= 0.3 is 0 Å². The monoisotopic (exact) mass is 427 g/mol. The van der Waals surface area contributed by atoms with Crippen molar-refractivity contribution in [3.05, 3.63) is 86.4 Å². The number of aromatic nitrogens is 1. The number of benzene rings is 3. The standard InChI is InChI=1S/C20H11Cl2N3O4/c21-12-3-1-2-11(8-12)20-24-17-9-13(4-7-18(17)29-20)23-19(26)15-6-5-14(25(27)28)10-16(15)22/h1-10H,(H,23,26). The topological polar surface area (TPSA) is 98.3 Å². The second kappa shape index (κ2) is 7.54. The maximum absolute atomic E-state index is 12.5. The molecule has 4 rings (SSSR count). The summed E-state index contributed by atoms with van der Waals surface area (Å²) in [7, 11) is 0. The third-order valence-electron chi connectivity index (χ3n) is 4.13. The van der Waals surface area contributed by atoms with Crippen molar-refractivity contribution in [3.63, 3.8) is 0 Å². The van der Waals surface area contributed by atoms with Gasteiger partial charge in [0.2, 0.25) is 5.89 Å². The number of nitro benzene ring substituents is 1. The lowest BCUT2D eigenvalue weighted by Crippen LogP contribution is -2.12. The molecule has 7 nitrogen and oxygen atoms in total. The summed E-state index contributed by atoms with van der Waals surface area (Å²) in [4.78, 5) is 27.1. The van der Waals surface area contributed by atoms with Gasteiger partial charge < -0.3 is 9.73 Å². The van der Waals surface area contributed by atoms with Crippen molar-refractivity contribution in [3.8, 4) is 11.5 Å². The van der Waals surface area contributed by atoms with E-state index in [1.165, 1.54) is 12.1 Å². The number of rotatable bonds is 4. The number of non-ortho nitro benzene ring substituents is 1. The molecule has 1 heterocycles. The smallest absolute Gasteiger partial charge is 0.270 e. The minimum atomic E-state index is -0.580. The zero-order chi connectivity index (χ0) is 20.5. The van der Waals surface area contributed by atoms with Gasteiger partial charge in [0.15, 0.2) is 5.58 Å². The summed E-state index contributed by atoms with van der Waals surface area (Å²) in [5.74, 6) is -0.0906. The molecule has 0 unspecified atom stereocenters. The van der Waals surface area contributed by atoms with Crippen molar-refractivity contribution < 1.29 is 14.1 Å². The first-order chi connectivity index (χ1) is 13.9. The van der Waals surface area contributed by atoms with Crippen molar-refractivity contribution in [2.75, 3.05) is 5.32 Å². The number of amides is 1. The fraction of sp³-hybridized carbons (Fsp3) is 0. The maximum Gasteiger partial charge on any atom is 0.270 e. The summed E-state index contributed by atoms with van der Waals surface area (Å²) >= 11 is 12.0. The first-order valence-electron chi connectivity index (χ1n) is 8.32. The summed E-state index contributed by atoms with van der Waals surface area (Å²) in [5, 5.41) is 14.1. The highest BCUT2D eigenvalue weighted by molar-refractivity contribution is 6.34. The summed E-state index contributed by atoms with van der Waals surface area (Å²) < 4.78 is 5.74. The van der Waals surface area contributed by atoms with E-state index in [1.54, 1.807) is 36.4 Å². The molecule has 0 aliphatic heterocycles. The molecule has 0 aliphatic carbocycles. The van der Waals surface area contributed by atoms with Gasteiger partial charge in [0, 0.05) is 28.4 Å². The van der Waals surface area contributed by atoms with E-state index in [0.29, 0.717) is 27.7 Å². The number of nitrogens with one attached hydrogen (secondary N) is 1. The molecule has 1 amide bonds. The van der Waals surface area contributed by atoms with Gasteiger partial charge in [0.1, 0.15) is 5.52 Å². The van der Waals surface area contributed by atoms with Gasteiger partial charge in [-0.15, -0.1) is 0 Å². The number of nitrogens with zero attached hydrogens (tertiary/aromatic N) is 2. The zero-order valence-corrected chi connectivity index (χ0v) is 16.1. The van der Waals surface area contributed by atoms with E-state index in [1.807, 2.05) is 6.07 Å². The van der Waals surface area contributed by atoms with E-state index >= 15 is 0 Å². The van der Waals surface area contributed by atoms with Crippen molar-refractivity contribution in [1.82, 2.24) is 4.98 Å². The molecule has 0 bridgehead atoms. The number of hydrogen-bond acceptors (Lipinski definition) is 5. The van der Waals surface area contributed by atoms with Gasteiger partial charge in [-0.05, 0) is 42.5 Å². The molecule has 0 radical (unpaired) electrons. The van der Waals surface area contributed by atoms with Gasteiger partial charge in [-0.2, -0.15) is 0 Å². The molecule has 0 fully saturated rings. The Morgan fingerprint density at radius 3 is 2.62 bits per heavy atom. The summed E-state index contributed by atoms with van der Waals surface area (Å²) in [5.41, 5.74) is 2.24. The molecule has 0 aliphatic rings. The van der Waals surface area contributed by atoms with E-state index in [4.69, 9.17) is 27.6 Å². The van der Waals surface area contributed by atoms with E-state index in [-0.39, 0.29) is 16.3 Å². The largest absolute Gasteiger partial charge is 0.436 e. The van der Waals surface area contributed by atoms with Crippen LogP contribution in [-0.4, -0.2) is 15.8 Å². The first kappa shape index (κ1) is 18.9. The van der Waals surface area contributed by atoms with Crippen LogP contribution in [0.1, 0.15) is 10.4 Å². The van der Waals surface area contributed by atoms with Crippen LogP contribution in [0.3, 0.4) is 0 Å². The highest BCUT2D eigenvalue weighted by Crippen LogP contribution is 2.28. The molecule has 1 N–H and O–H groups in total. The number of fused-ring (bicyclic) bond motifs is 1. The van der Waals surface area contributed by atoms with Crippen molar-refractivity contribution in [2.24, 2.45) is 0 Å². The number of nitro groups is 1. The van der Waals surface area contributed by atoms with Crippen LogP contribution >= 0.6 is 23.2 Å². The molecule has 4 aromatic rings. The highest BCUT2D eigenvalue weighted by atomic mass is 35.5. The Balaban J connectivity index is 1.60. The average Bonchev–Trinajstić information content (AvgIpc) is 3.11. The summed E-state index contributed by atoms with van der Waals surface area (Å²) in [6, 6.07) is 15.8. The van der Waals surface area contributed by atoms with E-state index in [9.17, 15) is 14.9 Å². The molecular weight excluding hydrogens is 417 g/mol. The van der Waals surface area contributed by atoms with Gasteiger partial charge in [0.05, 0.1) is 15.5 Å². The van der Waals surface area contributed by atoms with E-state index < -0.39 is 10.8 Å². The van der Waals surface area contributed by atoms with Gasteiger partial charge in [-0.25, -0.2) is 4.98 Å². The maximum atomic E-state index is 12.5. The molecule has 144 valence electrons. The summed E-state index contributed by atoms with van der Waals surface area (Å²) in [6.07, 6.45) is 0. The number of carbonyl (C=O) groups is 1. The van der Waals surface area contributed by atoms with Crippen LogP contribution in [0.15, 0.2) is 65.1 Å². The quantitative estimate of drug-likeness (QED) is 0.319. The third-order valence-corrected chi connectivity index (χ3v) is 4.67. The van der Waals surface area contributed by atoms with Crippen molar-refractivity contribution in [2.45, 2.75) is 0 Å². The molecule has 0 atom stereocenters. The fourth-order valence-corrected chi connectivity index (χ4v) is 3.20. The lowest BCUT2D eigenvalue weighted by Gasteiger charge is -2.06. The van der Waals surface area contributed by atoms with Crippen LogP contribution in [-0.2, 0) is 0 Å². The molecule has 9 heteroatoms. The molecular formula is C20H11Cl2N3O4. The second-order valence-corrected chi connectivity index (χ2v) is 6.93. The van der Waals surface area contributed by atoms with Crippen LogP contribution < -0.4 is 5.32 Å². The fourth-order valence-electron chi connectivity index (χ4n) is 2.75. The predicted molar refractivity (Wildman–Crippen MR) is 111 cm³/mol. The number of halogens is 2. The molecule has 0 saturated carbocycles. The molecule has 0 spiro atoms. The SMILES string of the molecule is O=C(Nc1ccc2oc(-c3cccc(Cl)c3)nc2c1)c1ccc([N+](=O)[O-])cc1Cl. The van der Waals surface area contributed by atoms with Crippen LogP contribution in [0.5, 0.6) is 0 Å². The van der Waals surface area contributed by atoms with Crippen molar-refractivity contribution >= 4 is 51.6 Å². The molecule has 0 saturated heterocycles. The number of anilines is 1. The first-order valence-corrected chi connectivity index (χ1v) is 9.08. The Hall–Kier alpha value is -3.42. The second-order valence-electron chi connectivity index (χ2n) is 6.09. The molecule has 1 aromatic heterocycles. The number of carbonyl (C=O) groups excluding carboxylic acids is 1. The van der Waals surface area contributed by atoms with Crippen molar-refractivity contribution in [1.29, 1.82) is 0 Å². The van der Waals surface area contributed by atoms with Crippen LogP contribution in [0.25, 0.3) is 22.6 Å². The minimum Gasteiger partial charge on any atom is -0.436 e. The normalized spacial score (nSPS) is 10.8. The van der Waals surface area contributed by atoms with Crippen LogP contribution in [0.2, 0.25) is 10.0 Å².